The summed E-state index contributed by atoms with van der Waals surface area (Å²) < 4.78 is 0. The van der Waals surface area contributed by atoms with Crippen molar-refractivity contribution in [3.05, 3.63) is 69.5 Å². The Labute approximate surface area is 227 Å². The van der Waals surface area contributed by atoms with Crippen molar-refractivity contribution in [2.45, 2.75) is 63.5 Å². The van der Waals surface area contributed by atoms with Crippen LogP contribution in [0.1, 0.15) is 67.2 Å². The van der Waals surface area contributed by atoms with E-state index in [0.717, 1.165) is 48.8 Å². The van der Waals surface area contributed by atoms with E-state index in [4.69, 9.17) is 22.3 Å². The van der Waals surface area contributed by atoms with Gasteiger partial charge in [0.05, 0.1) is 22.7 Å². The van der Waals surface area contributed by atoms with Crippen LogP contribution < -0.4 is 16.0 Å². The average Bonchev–Trinajstić information content (AvgIpc) is 3.59. The number of amides is 2. The number of carbonyl (C=O) groups excluding carboxylic acids is 2. The number of aryl methyl sites for hydroxylation is 1. The topological polar surface area (TPSA) is 124 Å². The maximum atomic E-state index is 12.9. The fraction of sp³-hybridized carbons (Fsp3) is 0.414. The Kier molecular flexibility index (Phi) is 6.97. The second-order valence-corrected chi connectivity index (χ2v) is 11.1. The summed E-state index contributed by atoms with van der Waals surface area (Å²) in [4.78, 5) is 36.4. The molecular weight excluding hydrogens is 500 g/mol. The molecule has 3 N–H and O–H groups in total. The summed E-state index contributed by atoms with van der Waals surface area (Å²) in [5.41, 5.74) is 9.26. The third-order valence-corrected chi connectivity index (χ3v) is 8.25. The van der Waals surface area contributed by atoms with Crippen LogP contribution >= 0.6 is 11.6 Å². The molecule has 0 bridgehead atoms. The van der Waals surface area contributed by atoms with E-state index in [-0.39, 0.29) is 29.7 Å². The monoisotopic (exact) mass is 530 g/mol. The van der Waals surface area contributed by atoms with Gasteiger partial charge in [0, 0.05) is 47.7 Å². The number of hydrogen-bond acceptors (Lipinski definition) is 6. The molecule has 1 aromatic heterocycles. The number of nitrogens with zero attached hydrogens (tertiary/aromatic N) is 4. The van der Waals surface area contributed by atoms with Gasteiger partial charge >= 0.3 is 0 Å². The van der Waals surface area contributed by atoms with Gasteiger partial charge in [0.25, 0.3) is 5.91 Å². The molecule has 0 spiro atoms. The fourth-order valence-electron chi connectivity index (χ4n) is 5.41. The van der Waals surface area contributed by atoms with E-state index in [1.54, 1.807) is 23.2 Å². The molecule has 1 atom stereocenters. The van der Waals surface area contributed by atoms with Crippen molar-refractivity contribution in [3.8, 4) is 6.07 Å². The Morgan fingerprint density at radius 3 is 2.71 bits per heavy atom. The minimum Gasteiger partial charge on any atom is -0.404 e. The molecule has 9 heteroatoms. The van der Waals surface area contributed by atoms with E-state index < -0.39 is 5.54 Å². The highest BCUT2D eigenvalue weighted by Crippen LogP contribution is 2.50. The molecule has 196 valence electrons. The van der Waals surface area contributed by atoms with Crippen LogP contribution in [-0.4, -0.2) is 35.6 Å². The van der Waals surface area contributed by atoms with Gasteiger partial charge in [-0.25, -0.2) is 4.98 Å². The second kappa shape index (κ2) is 10.2. The normalized spacial score (nSPS) is 24.3. The van der Waals surface area contributed by atoms with Crippen molar-refractivity contribution in [1.82, 2.24) is 10.3 Å². The van der Waals surface area contributed by atoms with Crippen molar-refractivity contribution < 1.29 is 9.59 Å². The molecule has 1 unspecified atom stereocenters. The highest BCUT2D eigenvalue weighted by Gasteiger charge is 2.45. The first kappa shape index (κ1) is 25.9. The van der Waals surface area contributed by atoms with Crippen LogP contribution in [-0.2, 0) is 15.1 Å². The van der Waals surface area contributed by atoms with E-state index in [1.165, 1.54) is 6.20 Å². The first-order valence-corrected chi connectivity index (χ1v) is 13.4. The van der Waals surface area contributed by atoms with E-state index in [2.05, 4.69) is 16.4 Å². The van der Waals surface area contributed by atoms with Crippen LogP contribution in [0.5, 0.6) is 0 Å². The number of pyridine rings is 1. The Balaban J connectivity index is 1.21. The number of aliphatic imine (C=N–C) groups is 1. The van der Waals surface area contributed by atoms with Crippen molar-refractivity contribution in [2.75, 3.05) is 11.4 Å². The summed E-state index contributed by atoms with van der Waals surface area (Å²) in [7, 11) is 0. The predicted molar refractivity (Wildman–Crippen MR) is 147 cm³/mol. The molecule has 3 fully saturated rings. The molecule has 2 saturated carbocycles. The number of aromatic nitrogens is 1. The summed E-state index contributed by atoms with van der Waals surface area (Å²) in [6.45, 7) is 4.65. The van der Waals surface area contributed by atoms with Crippen LogP contribution in [0.3, 0.4) is 0 Å². The van der Waals surface area contributed by atoms with Gasteiger partial charge < -0.3 is 11.1 Å². The van der Waals surface area contributed by atoms with Gasteiger partial charge in [-0.2, -0.15) is 5.26 Å². The lowest BCUT2D eigenvalue weighted by atomic mass is 9.74. The minimum atomic E-state index is -0.422. The second-order valence-electron chi connectivity index (χ2n) is 10.6. The third-order valence-electron chi connectivity index (χ3n) is 8.01. The first-order chi connectivity index (χ1) is 18.2. The predicted octanol–water partition coefficient (Wildman–Crippen LogP) is 4.25. The van der Waals surface area contributed by atoms with Crippen molar-refractivity contribution in [2.24, 2.45) is 16.6 Å². The summed E-state index contributed by atoms with van der Waals surface area (Å²) in [5.74, 6) is 0.736. The van der Waals surface area contributed by atoms with Gasteiger partial charge in [0.2, 0.25) is 5.91 Å². The lowest BCUT2D eigenvalue weighted by Crippen LogP contribution is -2.44. The summed E-state index contributed by atoms with van der Waals surface area (Å²) >= 11 is 6.12. The average molecular weight is 531 g/mol. The Morgan fingerprint density at radius 1 is 1.34 bits per heavy atom. The van der Waals surface area contributed by atoms with Crippen LogP contribution in [0.25, 0.3) is 0 Å². The Bertz CT molecular complexity index is 1380. The van der Waals surface area contributed by atoms with Crippen LogP contribution in [0.4, 0.5) is 5.82 Å². The number of nitrogens with two attached hydrogens (primary N) is 1. The molecule has 2 aliphatic carbocycles. The van der Waals surface area contributed by atoms with Crippen molar-refractivity contribution in [1.29, 1.82) is 5.26 Å². The highest BCUT2D eigenvalue weighted by atomic mass is 35.5. The molecule has 1 aromatic carbocycles. The van der Waals surface area contributed by atoms with Crippen molar-refractivity contribution >= 4 is 35.4 Å². The lowest BCUT2D eigenvalue weighted by molar-refractivity contribution is -0.120. The molecule has 2 amide bonds. The smallest absolute Gasteiger partial charge is 0.254 e. The van der Waals surface area contributed by atoms with Crippen LogP contribution in [0.15, 0.2) is 47.2 Å². The zero-order valence-electron chi connectivity index (χ0n) is 21.6. The number of anilines is 1. The standard InChI is InChI=1S/C29H31ClN6O2/c1-17-5-8-36(28(17)38)26-9-18(2)25(16-33-26)29(6-7-29)34-15-21(14-32)27(37)35-23-10-20(11-23)24-12-22(30)4-3-19(24)13-31/h3-4,9,12,14-17,20,23H,5-8,10-11,32H2,1-2H3,(H,35,37). The van der Waals surface area contributed by atoms with Gasteiger partial charge in [-0.05, 0) is 80.3 Å². The zero-order valence-corrected chi connectivity index (χ0v) is 22.3. The number of hydrogen-bond donors (Lipinski definition) is 2. The fourth-order valence-corrected chi connectivity index (χ4v) is 5.59. The van der Waals surface area contributed by atoms with Gasteiger partial charge in [-0.1, -0.05) is 18.5 Å². The number of halogens is 1. The third kappa shape index (κ3) is 4.91. The number of carbonyl (C=O) groups is 2. The van der Waals surface area contributed by atoms with Gasteiger partial charge in [0.1, 0.15) is 5.82 Å². The maximum Gasteiger partial charge on any atom is 0.254 e. The van der Waals surface area contributed by atoms with Crippen molar-refractivity contribution in [3.63, 3.8) is 0 Å². The molecule has 0 radical (unpaired) electrons. The number of nitrogens with one attached hydrogen (secondary N) is 1. The highest BCUT2D eigenvalue weighted by molar-refractivity contribution is 6.30. The van der Waals surface area contributed by atoms with Gasteiger partial charge in [-0.3, -0.25) is 19.5 Å². The Morgan fingerprint density at radius 2 is 2.11 bits per heavy atom. The molecule has 8 nitrogen and oxygen atoms in total. The van der Waals surface area contributed by atoms with Gasteiger partial charge in [0.15, 0.2) is 0 Å². The Hall–Kier alpha value is -3.70. The molecule has 2 aromatic rings. The molecule has 3 aliphatic rings. The molecule has 1 saturated heterocycles. The van der Waals surface area contributed by atoms with Gasteiger partial charge in [-0.15, -0.1) is 0 Å². The van der Waals surface area contributed by atoms with E-state index in [1.807, 2.05) is 32.2 Å². The molecular formula is C29H31ClN6O2. The van der Waals surface area contributed by atoms with Crippen LogP contribution in [0, 0.1) is 24.2 Å². The van der Waals surface area contributed by atoms with E-state index in [0.29, 0.717) is 28.5 Å². The first-order valence-electron chi connectivity index (χ1n) is 13.0. The lowest BCUT2D eigenvalue weighted by Gasteiger charge is -2.36. The van der Waals surface area contributed by atoms with E-state index in [9.17, 15) is 14.9 Å². The molecule has 2 heterocycles. The summed E-state index contributed by atoms with van der Waals surface area (Å²) in [6, 6.07) is 9.45. The molecule has 38 heavy (non-hydrogen) atoms. The maximum absolute atomic E-state index is 12.9. The van der Waals surface area contributed by atoms with Crippen LogP contribution in [0.2, 0.25) is 5.02 Å². The molecule has 5 rings (SSSR count). The largest absolute Gasteiger partial charge is 0.404 e. The number of benzene rings is 1. The molecule has 1 aliphatic heterocycles. The number of nitriles is 1. The number of rotatable bonds is 7. The van der Waals surface area contributed by atoms with E-state index >= 15 is 0 Å². The zero-order chi connectivity index (χ0) is 27.0. The minimum absolute atomic E-state index is 0.00809. The quantitative estimate of drug-likeness (QED) is 0.409. The summed E-state index contributed by atoms with van der Waals surface area (Å²) in [6.07, 6.45) is 8.67. The summed E-state index contributed by atoms with van der Waals surface area (Å²) in [5, 5.41) is 13.0. The SMILES string of the molecule is Cc1cc(N2CCC(C)C2=O)ncc1C1(N=CC(=CN)C(=O)NC2CC(c3cc(Cl)ccc3C#N)C2)CC1.